The van der Waals surface area contributed by atoms with Gasteiger partial charge in [-0.2, -0.15) is 4.98 Å². The number of hydrogen-bond donors (Lipinski definition) is 3. The van der Waals surface area contributed by atoms with E-state index in [0.717, 1.165) is 5.69 Å². The van der Waals surface area contributed by atoms with E-state index in [-0.39, 0.29) is 5.56 Å². The molecule has 0 aliphatic heterocycles. The summed E-state index contributed by atoms with van der Waals surface area (Å²) in [5.41, 5.74) is 1.41. The van der Waals surface area contributed by atoms with Gasteiger partial charge in [-0.25, -0.2) is 0 Å². The van der Waals surface area contributed by atoms with Crippen LogP contribution in [-0.4, -0.2) is 15.0 Å². The maximum atomic E-state index is 11.4. The molecule has 2 heterocycles. The maximum Gasteiger partial charge on any atom is 0.261 e. The molecule has 0 spiro atoms. The molecule has 68 valence electrons. The van der Waals surface area contributed by atoms with E-state index in [1.54, 1.807) is 6.07 Å². The molecule has 0 atom stereocenters. The Morgan fingerprint density at radius 3 is 3.00 bits per heavy atom. The summed E-state index contributed by atoms with van der Waals surface area (Å²) < 4.78 is 2.75. The highest BCUT2D eigenvalue weighted by Gasteiger charge is 2.04. The molecule has 3 N–H and O–H groups in total. The van der Waals surface area contributed by atoms with Crippen molar-refractivity contribution in [2.24, 2.45) is 0 Å². The Morgan fingerprint density at radius 1 is 1.54 bits per heavy atom. The Morgan fingerprint density at radius 2 is 2.31 bits per heavy atom. The predicted molar refractivity (Wildman–Crippen MR) is 59.1 cm³/mol. The van der Waals surface area contributed by atoms with Crippen molar-refractivity contribution in [3.63, 3.8) is 0 Å². The Hall–Kier alpha value is -1.05. The molecule has 0 amide bonds. The zero-order valence-electron chi connectivity index (χ0n) is 6.81. The summed E-state index contributed by atoms with van der Waals surface area (Å²) in [5.74, 6) is 0.458. The summed E-state index contributed by atoms with van der Waals surface area (Å²) in [6, 6.07) is 1.78. The molecule has 0 saturated heterocycles. The number of aromatic amines is 2. The van der Waals surface area contributed by atoms with E-state index < -0.39 is 0 Å². The van der Waals surface area contributed by atoms with E-state index in [1.807, 2.05) is 29.8 Å². The monoisotopic (exact) mass is 290 g/mol. The first-order chi connectivity index (χ1) is 6.20. The van der Waals surface area contributed by atoms with Gasteiger partial charge in [-0.05, 0) is 13.0 Å². The molecule has 0 aliphatic carbocycles. The minimum Gasteiger partial charge on any atom is -0.343 e. The van der Waals surface area contributed by atoms with Gasteiger partial charge in [0.1, 0.15) is 5.65 Å². The van der Waals surface area contributed by atoms with Crippen molar-refractivity contribution < 1.29 is 0 Å². The molecule has 0 radical (unpaired) electrons. The molecule has 13 heavy (non-hydrogen) atoms. The van der Waals surface area contributed by atoms with Gasteiger partial charge in [0.2, 0.25) is 5.95 Å². The number of aromatic nitrogens is 3. The minimum atomic E-state index is -0.131. The standard InChI is InChI=1S/C7H7IN4O/c1-3-2-4-5(9-3)10-7(12-8)11-6(4)13/h2H,1H3,(H3,9,10,11,12,13). The molecule has 5 nitrogen and oxygen atoms in total. The van der Waals surface area contributed by atoms with Crippen LogP contribution < -0.4 is 9.09 Å². The first-order valence-electron chi connectivity index (χ1n) is 3.67. The number of fused-ring (bicyclic) bond motifs is 1. The van der Waals surface area contributed by atoms with Crippen LogP contribution in [0.15, 0.2) is 10.9 Å². The maximum absolute atomic E-state index is 11.4. The summed E-state index contributed by atoms with van der Waals surface area (Å²) in [6.07, 6.45) is 0. The second-order valence-electron chi connectivity index (χ2n) is 2.72. The van der Waals surface area contributed by atoms with E-state index >= 15 is 0 Å². The highest BCUT2D eigenvalue weighted by atomic mass is 127. The lowest BCUT2D eigenvalue weighted by Gasteiger charge is -1.95. The van der Waals surface area contributed by atoms with Crippen LogP contribution in [0, 0.1) is 6.92 Å². The van der Waals surface area contributed by atoms with Crippen molar-refractivity contribution in [1.29, 1.82) is 0 Å². The summed E-state index contributed by atoms with van der Waals surface area (Å²) in [6.45, 7) is 1.89. The molecule has 2 aromatic rings. The molecule has 0 bridgehead atoms. The summed E-state index contributed by atoms with van der Waals surface area (Å²) in [5, 5.41) is 0.591. The van der Waals surface area contributed by atoms with Crippen LogP contribution in [0.5, 0.6) is 0 Å². The lowest BCUT2D eigenvalue weighted by molar-refractivity contribution is 1.17. The molecule has 2 aromatic heterocycles. The number of halogens is 1. The molecule has 0 fully saturated rings. The average Bonchev–Trinajstić information content (AvgIpc) is 2.46. The van der Waals surface area contributed by atoms with E-state index in [0.29, 0.717) is 17.0 Å². The lowest BCUT2D eigenvalue weighted by atomic mass is 10.4. The van der Waals surface area contributed by atoms with Gasteiger partial charge in [-0.3, -0.25) is 13.3 Å². The largest absolute Gasteiger partial charge is 0.343 e. The number of hydrogen-bond acceptors (Lipinski definition) is 3. The third-order valence-corrected chi connectivity index (χ3v) is 2.23. The van der Waals surface area contributed by atoms with E-state index in [1.165, 1.54) is 0 Å². The number of aryl methyl sites for hydroxylation is 1. The van der Waals surface area contributed by atoms with E-state index in [2.05, 4.69) is 18.5 Å². The van der Waals surface area contributed by atoms with Gasteiger partial charge in [-0.15, -0.1) is 0 Å². The SMILES string of the molecule is Cc1cc2c(=O)[nH]c(NI)nc2[nH]1. The Bertz CT molecular complexity index is 501. The van der Waals surface area contributed by atoms with Crippen LogP contribution >= 0.6 is 22.9 Å². The van der Waals surface area contributed by atoms with Crippen molar-refractivity contribution in [3.8, 4) is 0 Å². The van der Waals surface area contributed by atoms with Gasteiger partial charge in [0.25, 0.3) is 5.56 Å². The van der Waals surface area contributed by atoms with E-state index in [9.17, 15) is 4.79 Å². The van der Waals surface area contributed by atoms with Crippen molar-refractivity contribution in [2.45, 2.75) is 6.92 Å². The molecule has 2 rings (SSSR count). The quantitative estimate of drug-likeness (QED) is 0.548. The van der Waals surface area contributed by atoms with Gasteiger partial charge < -0.3 is 4.98 Å². The molecule has 0 saturated carbocycles. The van der Waals surface area contributed by atoms with Gasteiger partial charge in [0.15, 0.2) is 0 Å². The van der Waals surface area contributed by atoms with Crippen LogP contribution in [0.2, 0.25) is 0 Å². The van der Waals surface area contributed by atoms with Crippen molar-refractivity contribution in [1.82, 2.24) is 15.0 Å². The zero-order valence-corrected chi connectivity index (χ0v) is 8.97. The Balaban J connectivity index is 2.83. The fraction of sp³-hybridized carbons (Fsp3) is 0.143. The number of anilines is 1. The van der Waals surface area contributed by atoms with Crippen molar-refractivity contribution >= 4 is 39.8 Å². The second kappa shape index (κ2) is 3.02. The third-order valence-electron chi connectivity index (χ3n) is 1.72. The van der Waals surface area contributed by atoms with Gasteiger partial charge >= 0.3 is 0 Å². The Labute approximate surface area is 87.5 Å². The van der Waals surface area contributed by atoms with Crippen molar-refractivity contribution in [2.75, 3.05) is 3.53 Å². The van der Waals surface area contributed by atoms with Crippen LogP contribution in [0.25, 0.3) is 11.0 Å². The van der Waals surface area contributed by atoms with Crippen LogP contribution in [-0.2, 0) is 0 Å². The lowest BCUT2D eigenvalue weighted by Crippen LogP contribution is -2.08. The number of rotatable bonds is 1. The molecular formula is C7H7IN4O. The summed E-state index contributed by atoms with van der Waals surface area (Å²) in [7, 11) is 0. The van der Waals surface area contributed by atoms with Gasteiger partial charge in [-0.1, -0.05) is 0 Å². The minimum absolute atomic E-state index is 0.131. The predicted octanol–water partition coefficient (Wildman–Crippen LogP) is 1.32. The zero-order chi connectivity index (χ0) is 9.42. The third kappa shape index (κ3) is 1.41. The molecule has 0 aliphatic rings. The highest BCUT2D eigenvalue weighted by Crippen LogP contribution is 2.09. The van der Waals surface area contributed by atoms with Gasteiger partial charge in [0, 0.05) is 5.69 Å². The van der Waals surface area contributed by atoms with Crippen LogP contribution in [0.3, 0.4) is 0 Å². The fourth-order valence-corrected chi connectivity index (χ4v) is 1.45. The normalized spacial score (nSPS) is 10.6. The smallest absolute Gasteiger partial charge is 0.261 e. The molecule has 6 heteroatoms. The molecule has 0 aromatic carbocycles. The Kier molecular flexibility index (Phi) is 1.98. The first-order valence-corrected chi connectivity index (χ1v) is 4.75. The highest BCUT2D eigenvalue weighted by molar-refractivity contribution is 14.1. The molecular weight excluding hydrogens is 283 g/mol. The number of nitrogens with zero attached hydrogens (tertiary/aromatic N) is 1. The topological polar surface area (TPSA) is 73.6 Å². The van der Waals surface area contributed by atoms with Gasteiger partial charge in [0.05, 0.1) is 28.3 Å². The molecule has 0 unspecified atom stereocenters. The average molecular weight is 290 g/mol. The number of H-pyrrole nitrogens is 2. The van der Waals surface area contributed by atoms with Crippen molar-refractivity contribution in [3.05, 3.63) is 22.1 Å². The summed E-state index contributed by atoms with van der Waals surface area (Å²) in [4.78, 5) is 21.2. The number of nitrogens with one attached hydrogen (secondary N) is 3. The van der Waals surface area contributed by atoms with E-state index in [4.69, 9.17) is 0 Å². The van der Waals surface area contributed by atoms with Crippen LogP contribution in [0.1, 0.15) is 5.69 Å². The first kappa shape index (κ1) is 8.54. The van der Waals surface area contributed by atoms with Crippen LogP contribution in [0.4, 0.5) is 5.95 Å². The second-order valence-corrected chi connectivity index (χ2v) is 3.26. The fourth-order valence-electron chi connectivity index (χ4n) is 1.20. The summed E-state index contributed by atoms with van der Waals surface area (Å²) >= 11 is 1.91.